The van der Waals surface area contributed by atoms with E-state index in [1.165, 1.54) is 12.1 Å². The third-order valence-corrected chi connectivity index (χ3v) is 3.91. The molecule has 2 aromatic rings. The number of amides is 2. The minimum absolute atomic E-state index is 0.279. The number of nitrogens with one attached hydrogen (secondary N) is 3. The van der Waals surface area contributed by atoms with Gasteiger partial charge in [0.2, 0.25) is 0 Å². The molecular weight excluding hydrogens is 308 g/mol. The van der Waals surface area contributed by atoms with Crippen molar-refractivity contribution >= 4 is 23.2 Å². The average Bonchev–Trinajstić information content (AvgIpc) is 2.58. The highest BCUT2D eigenvalue weighted by Gasteiger charge is 2.14. The van der Waals surface area contributed by atoms with E-state index in [2.05, 4.69) is 37.7 Å². The Bertz CT molecular complexity index is 729. The third-order valence-electron chi connectivity index (χ3n) is 3.91. The van der Waals surface area contributed by atoms with Crippen LogP contribution in [0.3, 0.4) is 0 Å². The number of hydrogen-bond acceptors (Lipinski definition) is 5. The topological polar surface area (TPSA) is 93.4 Å². The molecule has 0 spiro atoms. The molecule has 0 radical (unpaired) electrons. The van der Waals surface area contributed by atoms with Gasteiger partial charge in [0.15, 0.2) is 5.82 Å². The van der Waals surface area contributed by atoms with E-state index in [9.17, 15) is 9.59 Å². The predicted molar refractivity (Wildman–Crippen MR) is 93.7 cm³/mol. The van der Waals surface area contributed by atoms with Gasteiger partial charge in [-0.1, -0.05) is 0 Å². The molecule has 1 saturated heterocycles. The number of aromatic nitrogens is 2. The van der Waals surface area contributed by atoms with E-state index in [-0.39, 0.29) is 11.4 Å². The molecule has 1 aromatic carbocycles. The van der Waals surface area contributed by atoms with Crippen LogP contribution in [-0.4, -0.2) is 54.4 Å². The molecule has 0 atom stereocenters. The van der Waals surface area contributed by atoms with E-state index in [0.29, 0.717) is 5.69 Å². The largest absolute Gasteiger partial charge is 0.369 e. The summed E-state index contributed by atoms with van der Waals surface area (Å²) in [5, 5.41) is 11.3. The Morgan fingerprint density at radius 3 is 2.38 bits per heavy atom. The molecule has 1 fully saturated rings. The van der Waals surface area contributed by atoms with Gasteiger partial charge in [-0.05, 0) is 37.4 Å². The molecule has 0 unspecified atom stereocenters. The summed E-state index contributed by atoms with van der Waals surface area (Å²) in [4.78, 5) is 27.5. The van der Waals surface area contributed by atoms with Gasteiger partial charge in [0.05, 0.1) is 0 Å². The number of rotatable bonds is 3. The van der Waals surface area contributed by atoms with E-state index in [1.807, 2.05) is 24.3 Å². The summed E-state index contributed by atoms with van der Waals surface area (Å²) >= 11 is 0. The zero-order valence-electron chi connectivity index (χ0n) is 13.5. The predicted octanol–water partition coefficient (Wildman–Crippen LogP) is 1.17. The van der Waals surface area contributed by atoms with Gasteiger partial charge < -0.3 is 15.1 Å². The zero-order valence-corrected chi connectivity index (χ0v) is 13.5. The molecule has 2 amide bonds. The van der Waals surface area contributed by atoms with Crippen molar-refractivity contribution in [3.8, 4) is 0 Å². The molecule has 1 aliphatic rings. The van der Waals surface area contributed by atoms with E-state index in [0.717, 1.165) is 31.9 Å². The first-order chi connectivity index (χ1) is 11.6. The first kappa shape index (κ1) is 16.0. The maximum Gasteiger partial charge on any atom is 0.324 e. The van der Waals surface area contributed by atoms with Crippen LogP contribution in [0.25, 0.3) is 0 Å². The van der Waals surface area contributed by atoms with Crippen molar-refractivity contribution in [1.29, 1.82) is 0 Å². The van der Waals surface area contributed by atoms with E-state index in [1.54, 1.807) is 0 Å². The number of benzene rings is 1. The molecule has 0 saturated carbocycles. The monoisotopic (exact) mass is 328 g/mol. The van der Waals surface area contributed by atoms with Gasteiger partial charge in [-0.25, -0.2) is 9.89 Å². The summed E-state index contributed by atoms with van der Waals surface area (Å²) < 4.78 is 0. The van der Waals surface area contributed by atoms with Crippen molar-refractivity contribution < 1.29 is 4.79 Å². The highest BCUT2D eigenvalue weighted by Crippen LogP contribution is 2.19. The normalized spacial score (nSPS) is 15.1. The lowest BCUT2D eigenvalue weighted by atomic mass is 10.2. The highest BCUT2D eigenvalue weighted by atomic mass is 16.2. The van der Waals surface area contributed by atoms with Crippen LogP contribution in [0.1, 0.15) is 0 Å². The van der Waals surface area contributed by atoms with E-state index >= 15 is 0 Å². The van der Waals surface area contributed by atoms with Crippen molar-refractivity contribution in [2.24, 2.45) is 0 Å². The quantitative estimate of drug-likeness (QED) is 0.786. The molecule has 126 valence electrons. The molecule has 2 heterocycles. The van der Waals surface area contributed by atoms with Crippen molar-refractivity contribution in [1.82, 2.24) is 15.1 Å². The number of urea groups is 1. The number of piperazine rings is 1. The van der Waals surface area contributed by atoms with Gasteiger partial charge in [0.25, 0.3) is 5.56 Å². The Labute approximate surface area is 139 Å². The molecule has 8 heteroatoms. The number of anilines is 3. The van der Waals surface area contributed by atoms with Gasteiger partial charge in [-0.2, -0.15) is 5.10 Å². The van der Waals surface area contributed by atoms with E-state index < -0.39 is 6.03 Å². The van der Waals surface area contributed by atoms with Gasteiger partial charge in [-0.15, -0.1) is 0 Å². The summed E-state index contributed by atoms with van der Waals surface area (Å²) in [5.41, 5.74) is 1.52. The Morgan fingerprint density at radius 2 is 1.75 bits per heavy atom. The van der Waals surface area contributed by atoms with Crippen LogP contribution < -0.4 is 21.1 Å². The van der Waals surface area contributed by atoms with Crippen LogP contribution >= 0.6 is 0 Å². The minimum atomic E-state index is -0.415. The second kappa shape index (κ2) is 7.14. The van der Waals surface area contributed by atoms with Crippen molar-refractivity contribution in [3.63, 3.8) is 0 Å². The first-order valence-electron chi connectivity index (χ1n) is 7.77. The third kappa shape index (κ3) is 4.11. The van der Waals surface area contributed by atoms with Crippen molar-refractivity contribution in [2.45, 2.75) is 0 Å². The molecule has 1 aromatic heterocycles. The van der Waals surface area contributed by atoms with Gasteiger partial charge in [0.1, 0.15) is 0 Å². The van der Waals surface area contributed by atoms with Crippen molar-refractivity contribution in [2.75, 3.05) is 48.8 Å². The Hall–Kier alpha value is -2.87. The maximum absolute atomic E-state index is 11.9. The van der Waals surface area contributed by atoms with Crippen LogP contribution in [0.5, 0.6) is 0 Å². The molecule has 8 nitrogen and oxygen atoms in total. The van der Waals surface area contributed by atoms with Crippen LogP contribution in [0.15, 0.2) is 41.2 Å². The number of hydrogen-bond donors (Lipinski definition) is 3. The number of carbonyl (C=O) groups is 1. The smallest absolute Gasteiger partial charge is 0.324 e. The summed E-state index contributed by atoms with van der Waals surface area (Å²) in [5.74, 6) is 0.279. The summed E-state index contributed by atoms with van der Waals surface area (Å²) in [6, 6.07) is 10.1. The lowest BCUT2D eigenvalue weighted by Crippen LogP contribution is -2.44. The lowest BCUT2D eigenvalue weighted by molar-refractivity contribution is 0.262. The molecule has 24 heavy (non-hydrogen) atoms. The molecule has 3 rings (SSSR count). The van der Waals surface area contributed by atoms with Gasteiger partial charge >= 0.3 is 6.03 Å². The maximum atomic E-state index is 11.9. The fraction of sp³-hybridized carbons (Fsp3) is 0.312. The molecule has 3 N–H and O–H groups in total. The fourth-order valence-electron chi connectivity index (χ4n) is 2.51. The Balaban J connectivity index is 1.56. The lowest BCUT2D eigenvalue weighted by Gasteiger charge is -2.34. The summed E-state index contributed by atoms with van der Waals surface area (Å²) in [6.45, 7) is 4.10. The minimum Gasteiger partial charge on any atom is -0.369 e. The average molecular weight is 328 g/mol. The van der Waals surface area contributed by atoms with Crippen LogP contribution in [0.4, 0.5) is 22.0 Å². The molecule has 1 aliphatic heterocycles. The molecular formula is C16H20N6O2. The molecule has 0 aliphatic carbocycles. The highest BCUT2D eigenvalue weighted by molar-refractivity contribution is 5.99. The van der Waals surface area contributed by atoms with Crippen LogP contribution in [0, 0.1) is 0 Å². The standard InChI is InChI=1S/C16H20N6O2/c1-21-8-10-22(11-9-21)13-4-2-12(3-5-13)17-16(24)18-14-6-7-15(23)20-19-14/h2-7H,8-11H2,1H3,(H,20,23)(H2,17,18,19,24). The summed E-state index contributed by atoms with van der Waals surface area (Å²) in [6.07, 6.45) is 0. The summed E-state index contributed by atoms with van der Waals surface area (Å²) in [7, 11) is 2.13. The zero-order chi connectivity index (χ0) is 16.9. The van der Waals surface area contributed by atoms with Gasteiger partial charge in [-0.3, -0.25) is 10.1 Å². The second-order valence-electron chi connectivity index (χ2n) is 5.72. The van der Waals surface area contributed by atoms with Crippen LogP contribution in [0.2, 0.25) is 0 Å². The first-order valence-corrected chi connectivity index (χ1v) is 7.77. The molecule has 0 bridgehead atoms. The van der Waals surface area contributed by atoms with Gasteiger partial charge in [0, 0.05) is 43.6 Å². The van der Waals surface area contributed by atoms with Crippen LogP contribution in [-0.2, 0) is 0 Å². The van der Waals surface area contributed by atoms with Crippen molar-refractivity contribution in [3.05, 3.63) is 46.8 Å². The van der Waals surface area contributed by atoms with E-state index in [4.69, 9.17) is 0 Å². The number of nitrogens with zero attached hydrogens (tertiary/aromatic N) is 3. The number of likely N-dealkylation sites (N-methyl/N-ethyl adjacent to an activating group) is 1. The number of carbonyl (C=O) groups excluding carboxylic acids is 1. The fourth-order valence-corrected chi connectivity index (χ4v) is 2.51. The Morgan fingerprint density at radius 1 is 1.04 bits per heavy atom. The second-order valence-corrected chi connectivity index (χ2v) is 5.72. The number of H-pyrrole nitrogens is 1. The Kier molecular flexibility index (Phi) is 4.76. The SMILES string of the molecule is CN1CCN(c2ccc(NC(=O)Nc3ccc(=O)[nH]n3)cc2)CC1. The number of aromatic amines is 1.